The number of likely N-dealkylation sites (tertiary alicyclic amines) is 1. The van der Waals surface area contributed by atoms with Gasteiger partial charge in [0, 0.05) is 40.3 Å². The van der Waals surface area contributed by atoms with Crippen molar-refractivity contribution in [2.24, 2.45) is 5.92 Å². The number of aromatic nitrogens is 3. The van der Waals surface area contributed by atoms with Crippen LogP contribution < -0.4 is 0 Å². The summed E-state index contributed by atoms with van der Waals surface area (Å²) in [6.45, 7) is 3.55. The number of aromatic amines is 1. The van der Waals surface area contributed by atoms with Crippen LogP contribution in [0.5, 0.6) is 0 Å². The molecule has 5 nitrogen and oxygen atoms in total. The molecule has 1 aliphatic rings. The molecule has 0 unspecified atom stereocenters. The Kier molecular flexibility index (Phi) is 6.62. The number of aryl methyl sites for hydroxylation is 1. The predicted octanol–water partition coefficient (Wildman–Crippen LogP) is 6.93. The van der Waals surface area contributed by atoms with E-state index in [1.54, 1.807) is 0 Å². The van der Waals surface area contributed by atoms with Crippen LogP contribution in [0.2, 0.25) is 0 Å². The molecule has 0 atom stereocenters. The lowest BCUT2D eigenvalue weighted by molar-refractivity contribution is 0.103. The van der Waals surface area contributed by atoms with Gasteiger partial charge in [0.05, 0.1) is 11.0 Å². The Morgan fingerprint density at radius 2 is 1.78 bits per heavy atom. The van der Waals surface area contributed by atoms with Gasteiger partial charge in [-0.3, -0.25) is 4.79 Å². The van der Waals surface area contributed by atoms with E-state index in [0.29, 0.717) is 11.1 Å². The zero-order chi connectivity index (χ0) is 25.2. The van der Waals surface area contributed by atoms with E-state index in [2.05, 4.69) is 52.0 Å². The maximum absolute atomic E-state index is 12.9. The first-order valence-electron chi connectivity index (χ1n) is 13.5. The van der Waals surface area contributed by atoms with E-state index in [0.717, 1.165) is 34.9 Å². The molecule has 0 bridgehead atoms. The Morgan fingerprint density at radius 1 is 0.946 bits per heavy atom. The molecule has 37 heavy (non-hydrogen) atoms. The highest BCUT2D eigenvalue weighted by atomic mass is 16.1. The van der Waals surface area contributed by atoms with Crippen molar-refractivity contribution in [1.82, 2.24) is 19.4 Å². The average Bonchev–Trinajstić information content (AvgIpc) is 3.56. The molecule has 3 heterocycles. The average molecular weight is 491 g/mol. The fraction of sp³-hybridized carbons (Fsp3) is 0.312. The number of H-pyrrole nitrogens is 1. The highest BCUT2D eigenvalue weighted by Crippen LogP contribution is 2.30. The molecule has 0 aliphatic carbocycles. The number of nitrogens with zero attached hydrogens (tertiary/aromatic N) is 3. The van der Waals surface area contributed by atoms with Crippen LogP contribution in [-0.2, 0) is 6.54 Å². The van der Waals surface area contributed by atoms with Gasteiger partial charge in [0.1, 0.15) is 5.82 Å². The number of ketones is 1. The van der Waals surface area contributed by atoms with Gasteiger partial charge in [0.2, 0.25) is 0 Å². The quantitative estimate of drug-likeness (QED) is 0.190. The first-order chi connectivity index (χ1) is 18.2. The number of carbonyl (C=O) groups excluding carboxylic acids is 1. The molecule has 3 aromatic carbocycles. The number of nitrogens with one attached hydrogen (secondary N) is 1. The number of hydrogen-bond donors (Lipinski definition) is 1. The second-order valence-corrected chi connectivity index (χ2v) is 10.5. The summed E-state index contributed by atoms with van der Waals surface area (Å²) in [5.74, 6) is 1.76. The van der Waals surface area contributed by atoms with Crippen LogP contribution in [0.3, 0.4) is 0 Å². The Hall–Kier alpha value is -3.70. The second kappa shape index (κ2) is 10.3. The number of unbranched alkanes of at least 4 members (excludes halogenated alkanes) is 1. The van der Waals surface area contributed by atoms with Crippen molar-refractivity contribution in [1.29, 1.82) is 0 Å². The zero-order valence-electron chi connectivity index (χ0n) is 21.5. The zero-order valence-corrected chi connectivity index (χ0v) is 21.5. The lowest BCUT2D eigenvalue weighted by Crippen LogP contribution is -2.30. The van der Waals surface area contributed by atoms with E-state index >= 15 is 0 Å². The Morgan fingerprint density at radius 3 is 2.62 bits per heavy atom. The van der Waals surface area contributed by atoms with Gasteiger partial charge in [-0.2, -0.15) is 0 Å². The van der Waals surface area contributed by atoms with Gasteiger partial charge in [-0.1, -0.05) is 55.3 Å². The number of carbonyl (C=O) groups is 1. The minimum absolute atomic E-state index is 0.0219. The number of piperidine rings is 1. The van der Waals surface area contributed by atoms with Crippen LogP contribution in [0.4, 0.5) is 0 Å². The molecule has 1 saturated heterocycles. The fourth-order valence-corrected chi connectivity index (χ4v) is 5.73. The van der Waals surface area contributed by atoms with Crippen LogP contribution in [0, 0.1) is 5.92 Å². The Balaban J connectivity index is 1.18. The van der Waals surface area contributed by atoms with Crippen molar-refractivity contribution in [2.45, 2.75) is 38.6 Å². The first-order valence-corrected chi connectivity index (χ1v) is 13.5. The summed E-state index contributed by atoms with van der Waals surface area (Å²) in [6.07, 6.45) is 8.77. The highest BCUT2D eigenvalue weighted by Gasteiger charge is 2.17. The number of fused-ring (bicyclic) bond motifs is 2. The second-order valence-electron chi connectivity index (χ2n) is 10.5. The molecule has 1 aliphatic heterocycles. The molecule has 1 N–H and O–H groups in total. The van der Waals surface area contributed by atoms with Crippen molar-refractivity contribution < 1.29 is 4.79 Å². The SMILES string of the molecule is CN1CCC(CCCCn2ccc3c(-c4nc5ccc(C(=O)c6ccccc6)cc5[nH]4)cccc32)CC1. The smallest absolute Gasteiger partial charge is 0.193 e. The largest absolute Gasteiger partial charge is 0.347 e. The van der Waals surface area contributed by atoms with E-state index in [1.165, 1.54) is 56.1 Å². The molecule has 6 rings (SSSR count). The van der Waals surface area contributed by atoms with E-state index in [1.807, 2.05) is 48.5 Å². The molecule has 1 fully saturated rings. The molecular weight excluding hydrogens is 456 g/mol. The van der Waals surface area contributed by atoms with Gasteiger partial charge in [0.15, 0.2) is 5.78 Å². The maximum atomic E-state index is 12.9. The monoisotopic (exact) mass is 490 g/mol. The molecule has 0 saturated carbocycles. The predicted molar refractivity (Wildman–Crippen MR) is 151 cm³/mol. The van der Waals surface area contributed by atoms with Crippen LogP contribution in [0.15, 0.2) is 79.0 Å². The lowest BCUT2D eigenvalue weighted by atomic mass is 9.92. The highest BCUT2D eigenvalue weighted by molar-refractivity contribution is 6.10. The number of rotatable bonds is 8. The van der Waals surface area contributed by atoms with Crippen molar-refractivity contribution in [3.8, 4) is 11.4 Å². The van der Waals surface area contributed by atoms with Gasteiger partial charge in [-0.05, 0) is 75.6 Å². The van der Waals surface area contributed by atoms with Gasteiger partial charge < -0.3 is 14.5 Å². The molecular formula is C32H34N4O. The van der Waals surface area contributed by atoms with Crippen molar-refractivity contribution in [2.75, 3.05) is 20.1 Å². The minimum atomic E-state index is 0.0219. The van der Waals surface area contributed by atoms with Crippen LogP contribution in [-0.4, -0.2) is 45.4 Å². The number of imidazole rings is 1. The molecule has 2 aromatic heterocycles. The maximum Gasteiger partial charge on any atom is 0.193 e. The Labute approximate surface area is 218 Å². The minimum Gasteiger partial charge on any atom is -0.347 e. The fourth-order valence-electron chi connectivity index (χ4n) is 5.73. The summed E-state index contributed by atoms with van der Waals surface area (Å²) in [4.78, 5) is 23.7. The molecule has 188 valence electrons. The van der Waals surface area contributed by atoms with E-state index < -0.39 is 0 Å². The lowest BCUT2D eigenvalue weighted by Gasteiger charge is -2.28. The summed E-state index contributed by atoms with van der Waals surface area (Å²) < 4.78 is 2.38. The standard InChI is InChI=1S/C32H34N4O/c1-35-19-15-23(16-20-35)8-5-6-18-36-21-17-26-27(11-7-12-30(26)36)32-33-28-14-13-25(22-29(28)34-32)31(37)24-9-3-2-4-10-24/h2-4,7,9-14,17,21-23H,5-6,8,15-16,18-20H2,1H3,(H,33,34). The van der Waals surface area contributed by atoms with Crippen LogP contribution in [0.1, 0.15) is 48.0 Å². The normalized spacial score (nSPS) is 15.1. The number of benzene rings is 3. The molecule has 0 radical (unpaired) electrons. The third-order valence-corrected chi connectivity index (χ3v) is 7.95. The van der Waals surface area contributed by atoms with Crippen molar-refractivity contribution in [3.05, 3.63) is 90.1 Å². The summed E-state index contributed by atoms with van der Waals surface area (Å²) in [6, 6.07) is 23.8. The molecule has 5 aromatic rings. The summed E-state index contributed by atoms with van der Waals surface area (Å²) in [7, 11) is 2.23. The topological polar surface area (TPSA) is 53.9 Å². The molecule has 0 spiro atoms. The summed E-state index contributed by atoms with van der Waals surface area (Å²) >= 11 is 0. The van der Waals surface area contributed by atoms with Crippen molar-refractivity contribution in [3.63, 3.8) is 0 Å². The van der Waals surface area contributed by atoms with Gasteiger partial charge in [0.25, 0.3) is 0 Å². The van der Waals surface area contributed by atoms with Gasteiger partial charge >= 0.3 is 0 Å². The first kappa shape index (κ1) is 23.7. The van der Waals surface area contributed by atoms with Gasteiger partial charge in [-0.15, -0.1) is 0 Å². The van der Waals surface area contributed by atoms with Crippen LogP contribution in [0.25, 0.3) is 33.3 Å². The third-order valence-electron chi connectivity index (χ3n) is 7.95. The van der Waals surface area contributed by atoms with Crippen LogP contribution >= 0.6 is 0 Å². The number of hydrogen-bond acceptors (Lipinski definition) is 3. The Bertz CT molecular complexity index is 1520. The van der Waals surface area contributed by atoms with E-state index in [4.69, 9.17) is 4.98 Å². The van der Waals surface area contributed by atoms with E-state index in [9.17, 15) is 4.79 Å². The molecule has 5 heteroatoms. The summed E-state index contributed by atoms with van der Waals surface area (Å²) in [5.41, 5.74) is 5.44. The van der Waals surface area contributed by atoms with Crippen molar-refractivity contribution >= 4 is 27.7 Å². The van der Waals surface area contributed by atoms with E-state index in [-0.39, 0.29) is 5.78 Å². The third kappa shape index (κ3) is 4.96. The summed E-state index contributed by atoms with van der Waals surface area (Å²) in [5, 5.41) is 1.21. The molecule has 0 amide bonds. The van der Waals surface area contributed by atoms with Gasteiger partial charge in [-0.25, -0.2) is 4.98 Å².